The fourth-order valence-electron chi connectivity index (χ4n) is 15.4. The second kappa shape index (κ2) is 48.1. The van der Waals surface area contributed by atoms with E-state index in [0.717, 1.165) is 109 Å². The number of hydrogen-bond donors (Lipinski definition) is 0. The highest BCUT2D eigenvalue weighted by Gasteiger charge is 2.36. The van der Waals surface area contributed by atoms with Crippen molar-refractivity contribution in [3.8, 4) is 34.5 Å². The largest absolute Gasteiger partial charge is 0.494 e. The number of ether oxygens (including phenoxy) is 12. The number of aromatic nitrogens is 4. The van der Waals surface area contributed by atoms with Crippen molar-refractivity contribution >= 4 is 63.4 Å². The molecule has 30 heteroatoms. The summed E-state index contributed by atoms with van der Waals surface area (Å²) in [5.74, 6) is 3.31. The SMILES string of the molecule is CC(C)N1Cc2cc(OCC3CCCO3)ccc2C1=O.CC(C)n1c(=O)n(C)c2ccccc21.COCCOCCOc1cccc2c1n(C)c(=O)n2C(C)C.COCCOc1cc2c(cc1OCCOC)C(=O)N(C(C)C)C2.COCCOc1ccc2c(c1)CN(C(C)C)C2=O.COc1ccc2c(c1F)C(=O)N(C(C)C)C2.CSc1ccc2c(c1)C(=O)N(C(C)C)C2. The van der Waals surface area contributed by atoms with Gasteiger partial charge in [0.05, 0.1) is 75.0 Å². The van der Waals surface area contributed by atoms with Gasteiger partial charge in [0.25, 0.3) is 29.5 Å². The molecule has 28 nitrogen and oxygen atoms in total. The molecule has 1 unspecified atom stereocenters. The van der Waals surface area contributed by atoms with Crippen molar-refractivity contribution in [2.45, 2.75) is 196 Å². The average molecular weight is 1790 g/mol. The predicted octanol–water partition coefficient (Wildman–Crippen LogP) is 15.6. The Morgan fingerprint density at radius 3 is 1.34 bits per heavy atom. The summed E-state index contributed by atoms with van der Waals surface area (Å²) in [6.45, 7) is 37.7. The minimum atomic E-state index is -0.548. The van der Waals surface area contributed by atoms with Crippen LogP contribution in [0.25, 0.3) is 22.1 Å². The topological polar surface area (TPSA) is 266 Å². The summed E-state index contributed by atoms with van der Waals surface area (Å²) in [4.78, 5) is 95.2. The van der Waals surface area contributed by atoms with Gasteiger partial charge in [0.15, 0.2) is 23.1 Å². The molecular weight excluding hydrogens is 1660 g/mol. The molecule has 7 aromatic carbocycles. The first-order chi connectivity index (χ1) is 61.2. The molecule has 0 bridgehead atoms. The number of rotatable bonds is 31. The number of para-hydroxylation sites is 3. The third-order valence-electron chi connectivity index (χ3n) is 22.4. The van der Waals surface area contributed by atoms with Crippen molar-refractivity contribution in [3.63, 3.8) is 0 Å². The van der Waals surface area contributed by atoms with E-state index in [1.54, 1.807) is 84.0 Å². The number of aryl methyl sites for hydroxylation is 2. The van der Waals surface area contributed by atoms with Crippen LogP contribution in [-0.2, 0) is 75.2 Å². The molecule has 6 aliphatic heterocycles. The van der Waals surface area contributed by atoms with Crippen LogP contribution in [0.4, 0.5) is 4.39 Å². The monoisotopic (exact) mass is 1790 g/mol. The Hall–Kier alpha value is -10.7. The van der Waals surface area contributed by atoms with Crippen molar-refractivity contribution in [1.82, 2.24) is 42.8 Å². The predicted molar refractivity (Wildman–Crippen MR) is 495 cm³/mol. The van der Waals surface area contributed by atoms with Crippen LogP contribution < -0.4 is 39.8 Å². The van der Waals surface area contributed by atoms with Crippen LogP contribution in [0.3, 0.4) is 0 Å². The van der Waals surface area contributed by atoms with E-state index in [4.69, 9.17) is 56.8 Å². The van der Waals surface area contributed by atoms with Crippen LogP contribution in [0.1, 0.15) is 201 Å². The lowest BCUT2D eigenvalue weighted by Gasteiger charge is -2.19. The van der Waals surface area contributed by atoms with Gasteiger partial charge in [-0.3, -0.25) is 42.2 Å². The van der Waals surface area contributed by atoms with Crippen LogP contribution in [0.5, 0.6) is 34.5 Å². The number of benzene rings is 7. The molecule has 0 saturated carbocycles. The van der Waals surface area contributed by atoms with E-state index in [1.807, 2.05) is 212 Å². The Morgan fingerprint density at radius 2 is 0.820 bits per heavy atom. The van der Waals surface area contributed by atoms with E-state index in [-0.39, 0.29) is 101 Å². The summed E-state index contributed by atoms with van der Waals surface area (Å²) in [7, 11) is 11.5. The van der Waals surface area contributed by atoms with E-state index in [0.29, 0.717) is 122 Å². The molecule has 2 aromatic heterocycles. The van der Waals surface area contributed by atoms with Crippen LogP contribution in [0, 0.1) is 5.82 Å². The minimum Gasteiger partial charge on any atom is -0.494 e. The summed E-state index contributed by atoms with van der Waals surface area (Å²) < 4.78 is 85.0. The van der Waals surface area contributed by atoms with E-state index in [2.05, 4.69) is 26.0 Å². The van der Waals surface area contributed by atoms with Crippen LogP contribution in [-0.4, -0.2) is 230 Å². The number of thioether (sulfide) groups is 1. The number of hydrogen-bond acceptors (Lipinski definition) is 20. The molecule has 1 atom stereocenters. The molecule has 1 saturated heterocycles. The molecule has 8 heterocycles. The normalized spacial score (nSPS) is 14.6. The Labute approximate surface area is 756 Å². The van der Waals surface area contributed by atoms with Gasteiger partial charge in [0.1, 0.15) is 55.8 Å². The summed E-state index contributed by atoms with van der Waals surface area (Å²) >= 11 is 1.68. The minimum absolute atomic E-state index is 0.0302. The van der Waals surface area contributed by atoms with Gasteiger partial charge >= 0.3 is 11.4 Å². The Morgan fingerprint density at radius 1 is 0.391 bits per heavy atom. The molecule has 5 amide bonds. The van der Waals surface area contributed by atoms with Crippen molar-refractivity contribution in [3.05, 3.63) is 204 Å². The summed E-state index contributed by atoms with van der Waals surface area (Å²) in [6, 6.07) is 39.4. The lowest BCUT2D eigenvalue weighted by molar-refractivity contribution is 0.0546. The molecule has 15 rings (SSSR count). The zero-order chi connectivity index (χ0) is 93.3. The second-order valence-electron chi connectivity index (χ2n) is 33.5. The molecule has 1 fully saturated rings. The lowest BCUT2D eigenvalue weighted by atomic mass is 10.1. The third kappa shape index (κ3) is 25.0. The summed E-state index contributed by atoms with van der Waals surface area (Å²) in [5, 5.41) is 0. The van der Waals surface area contributed by atoms with Gasteiger partial charge in [-0.25, -0.2) is 14.0 Å². The maximum atomic E-state index is 13.9. The first kappa shape index (κ1) is 101. The number of amides is 5. The number of methoxy groups -OCH3 is 5. The maximum absolute atomic E-state index is 13.9. The molecule has 128 heavy (non-hydrogen) atoms. The van der Waals surface area contributed by atoms with Gasteiger partial charge in [0, 0.05) is 151 Å². The quantitative estimate of drug-likeness (QED) is 0.0289. The highest BCUT2D eigenvalue weighted by molar-refractivity contribution is 7.98. The van der Waals surface area contributed by atoms with Crippen LogP contribution in [0.2, 0.25) is 0 Å². The lowest BCUT2D eigenvalue weighted by Crippen LogP contribution is -2.31. The highest BCUT2D eigenvalue weighted by Crippen LogP contribution is 2.38. The molecule has 0 spiro atoms. The zero-order valence-electron chi connectivity index (χ0n) is 78.7. The fraction of sp³-hybridized carbons (Fsp3) is 0.500. The van der Waals surface area contributed by atoms with Crippen molar-refractivity contribution in [2.75, 3.05) is 121 Å². The van der Waals surface area contributed by atoms with Crippen molar-refractivity contribution < 1.29 is 85.2 Å². The van der Waals surface area contributed by atoms with Gasteiger partial charge < -0.3 is 81.3 Å². The molecule has 0 aliphatic carbocycles. The number of nitrogens with zero attached hydrogens (tertiary/aromatic N) is 9. The number of carbonyl (C=O) groups is 5. The fourth-order valence-corrected chi connectivity index (χ4v) is 15.8. The third-order valence-corrected chi connectivity index (χ3v) is 23.2. The van der Waals surface area contributed by atoms with Gasteiger partial charge in [0.2, 0.25) is 0 Å². The highest BCUT2D eigenvalue weighted by atomic mass is 32.2. The van der Waals surface area contributed by atoms with Gasteiger partial charge in [-0.15, -0.1) is 11.8 Å². The van der Waals surface area contributed by atoms with Crippen LogP contribution >= 0.6 is 11.8 Å². The van der Waals surface area contributed by atoms with E-state index in [1.165, 1.54) is 7.11 Å². The molecule has 0 radical (unpaired) electrons. The molecule has 696 valence electrons. The van der Waals surface area contributed by atoms with E-state index in [9.17, 15) is 38.0 Å². The second-order valence-corrected chi connectivity index (χ2v) is 34.4. The van der Waals surface area contributed by atoms with Crippen LogP contribution in [0.15, 0.2) is 136 Å². The van der Waals surface area contributed by atoms with Gasteiger partial charge in [-0.1, -0.05) is 30.3 Å². The Balaban J connectivity index is 0.000000170. The molecule has 0 N–H and O–H groups in total. The Kier molecular flexibility index (Phi) is 37.9. The standard InChI is InChI=1S/C17H25NO5.C16H24N2O4.C16H21NO3.C14H19NO3.C12H14FNO2.C12H15NOS.C11H14N2O/c1-12(2)18-11-13-9-15(22-7-5-20-3)16(23-8-6-21-4)10-14(13)17(18)19;1-12(2)18-13-6-5-7-14(15(13)17(3)16(18)19)22-11-10-21-9-8-20-4;1-11(2)17-9-12-8-13(5-6-15(12)16(17)18)20-10-14-4-3-7-19-14;1-10(2)15-9-11-8-12(18-7-6-17-3)4-5-13(11)14(15)16;1-7(2)14-6-8-4-5-9(16-3)11(13)10(8)12(14)15;1-8(2)13-7-9-4-5-10(15-3)6-11(9)12(13)14;1-8(2)13-10-7-5-4-6-9(10)12(3)11(13)14/h9-10,12H,5-8,11H2,1-4H3;5-7,12H,8-11H2,1-4H3;5-6,8,11,14H,3-4,7,9-10H2,1-2H3;4-5,8,10H,6-7,9H2,1-3H3;4-5,7H,6H2,1-3H3;4-6,8H,7H2,1-3H3;4-8H,1-3H3. The van der Waals surface area contributed by atoms with E-state index < -0.39 is 5.82 Å². The number of carbonyl (C=O) groups excluding carboxylic acids is 5. The van der Waals surface area contributed by atoms with E-state index >= 15 is 0 Å². The Bertz CT molecular complexity index is 5360. The van der Waals surface area contributed by atoms with Gasteiger partial charge in [-0.05, 0) is 235 Å². The smallest absolute Gasteiger partial charge is 0.329 e. The molecular formula is C98H132FN9O19S. The van der Waals surface area contributed by atoms with Gasteiger partial charge in [-0.2, -0.15) is 0 Å². The number of halogens is 1. The number of imidazole rings is 2. The van der Waals surface area contributed by atoms with Crippen molar-refractivity contribution in [1.29, 1.82) is 0 Å². The summed E-state index contributed by atoms with van der Waals surface area (Å²) in [5.41, 5.74) is 12.0. The zero-order valence-corrected chi connectivity index (χ0v) is 79.5. The molecule has 6 aliphatic rings. The first-order valence-corrected chi connectivity index (χ1v) is 45.1. The number of fused-ring (bicyclic) bond motifs is 7. The maximum Gasteiger partial charge on any atom is 0.329 e. The molecule has 9 aromatic rings. The first-order valence-electron chi connectivity index (χ1n) is 43.9. The average Bonchev–Trinajstić information content (AvgIpc) is 1.59. The van der Waals surface area contributed by atoms with Crippen molar-refractivity contribution in [2.24, 2.45) is 14.1 Å². The summed E-state index contributed by atoms with van der Waals surface area (Å²) in [6.07, 6.45) is 4.44.